The lowest BCUT2D eigenvalue weighted by molar-refractivity contribution is -0.121. The van der Waals surface area contributed by atoms with E-state index in [4.69, 9.17) is 5.73 Å². The summed E-state index contributed by atoms with van der Waals surface area (Å²) in [4.78, 5) is 11.3. The number of nitrogens with two attached hydrogens (primary N) is 1. The minimum Gasteiger partial charge on any atom is -0.356 e. The van der Waals surface area contributed by atoms with Gasteiger partial charge in [0.15, 0.2) is 0 Å². The number of amides is 1. The molecule has 0 aromatic heterocycles. The quantitative estimate of drug-likeness (QED) is 0.632. The molecule has 0 bridgehead atoms. The Morgan fingerprint density at radius 3 is 2.64 bits per heavy atom. The van der Waals surface area contributed by atoms with Crippen LogP contribution in [-0.2, 0) is 4.79 Å². The number of nitrogens with one attached hydrogen (secondary N) is 1. The first-order valence-electron chi connectivity index (χ1n) is 5.09. The molecule has 4 heteroatoms. The molecule has 0 aliphatic rings. The monoisotopic (exact) mass is 218 g/mol. The highest BCUT2D eigenvalue weighted by Crippen LogP contribution is 2.02. The first-order chi connectivity index (χ1) is 6.57. The lowest BCUT2D eigenvalue weighted by atomic mass is 10.0. The van der Waals surface area contributed by atoms with Crippen molar-refractivity contribution in [2.24, 2.45) is 11.7 Å². The van der Waals surface area contributed by atoms with Crippen LogP contribution in [0.1, 0.15) is 26.7 Å². The fraction of sp³-hybridized carbons (Fsp3) is 0.900. The van der Waals surface area contributed by atoms with E-state index in [1.807, 2.05) is 13.8 Å². The molecule has 1 unspecified atom stereocenters. The van der Waals surface area contributed by atoms with E-state index >= 15 is 0 Å². The van der Waals surface area contributed by atoms with Crippen molar-refractivity contribution >= 4 is 17.7 Å². The van der Waals surface area contributed by atoms with Gasteiger partial charge in [0.2, 0.25) is 5.91 Å². The molecular weight excluding hydrogens is 196 g/mol. The van der Waals surface area contributed by atoms with Crippen LogP contribution < -0.4 is 11.1 Å². The van der Waals surface area contributed by atoms with E-state index in [0.29, 0.717) is 12.3 Å². The number of thioether (sulfide) groups is 1. The molecule has 0 aromatic carbocycles. The Balaban J connectivity index is 3.45. The molecule has 0 aliphatic carbocycles. The molecule has 3 N–H and O–H groups in total. The van der Waals surface area contributed by atoms with Gasteiger partial charge < -0.3 is 11.1 Å². The summed E-state index contributed by atoms with van der Waals surface area (Å²) in [5.74, 6) is 1.54. The van der Waals surface area contributed by atoms with E-state index in [1.165, 1.54) is 0 Å². The van der Waals surface area contributed by atoms with Crippen LogP contribution in [0.3, 0.4) is 0 Å². The summed E-state index contributed by atoms with van der Waals surface area (Å²) < 4.78 is 0. The van der Waals surface area contributed by atoms with Gasteiger partial charge in [0.25, 0.3) is 0 Å². The lowest BCUT2D eigenvalue weighted by Crippen LogP contribution is -2.35. The maximum atomic E-state index is 11.3. The van der Waals surface area contributed by atoms with E-state index < -0.39 is 0 Å². The highest BCUT2D eigenvalue weighted by Gasteiger charge is 2.11. The second-order valence-corrected chi connectivity index (χ2v) is 4.79. The topological polar surface area (TPSA) is 55.1 Å². The highest BCUT2D eigenvalue weighted by atomic mass is 32.2. The van der Waals surface area contributed by atoms with Crippen LogP contribution >= 0.6 is 11.8 Å². The Bertz CT molecular complexity index is 162. The Hall–Kier alpha value is -0.220. The number of hydrogen-bond donors (Lipinski definition) is 2. The third-order valence-corrected chi connectivity index (χ3v) is 2.82. The maximum Gasteiger partial charge on any atom is 0.221 e. The van der Waals surface area contributed by atoms with E-state index in [0.717, 1.165) is 18.7 Å². The van der Waals surface area contributed by atoms with Crippen LogP contribution in [0.2, 0.25) is 0 Å². The average Bonchev–Trinajstić information content (AvgIpc) is 2.12. The maximum absolute atomic E-state index is 11.3. The number of rotatable bonds is 7. The summed E-state index contributed by atoms with van der Waals surface area (Å²) in [6.07, 6.45) is 3.54. The molecule has 1 amide bonds. The lowest BCUT2D eigenvalue weighted by Gasteiger charge is -2.14. The predicted molar refractivity (Wildman–Crippen MR) is 63.4 cm³/mol. The van der Waals surface area contributed by atoms with E-state index in [9.17, 15) is 4.79 Å². The fourth-order valence-corrected chi connectivity index (χ4v) is 1.40. The van der Waals surface area contributed by atoms with Gasteiger partial charge in [-0.15, -0.1) is 0 Å². The van der Waals surface area contributed by atoms with Gasteiger partial charge in [-0.3, -0.25) is 4.79 Å². The summed E-state index contributed by atoms with van der Waals surface area (Å²) >= 11 is 1.80. The minimum absolute atomic E-state index is 0.0180. The second-order valence-electron chi connectivity index (χ2n) is 3.81. The molecular formula is C10H22N2OS. The summed E-state index contributed by atoms with van der Waals surface area (Å²) in [6.45, 7) is 4.84. The Morgan fingerprint density at radius 1 is 1.50 bits per heavy atom. The molecule has 0 fully saturated rings. The van der Waals surface area contributed by atoms with Crippen LogP contribution in [0.25, 0.3) is 0 Å². The molecule has 0 rings (SSSR count). The Kier molecular flexibility index (Phi) is 7.99. The highest BCUT2D eigenvalue weighted by molar-refractivity contribution is 7.98. The largest absolute Gasteiger partial charge is 0.356 e. The van der Waals surface area contributed by atoms with Gasteiger partial charge >= 0.3 is 0 Å². The van der Waals surface area contributed by atoms with Crippen molar-refractivity contribution in [3.8, 4) is 0 Å². The molecule has 0 saturated carbocycles. The predicted octanol–water partition coefficient (Wildman–Crippen LogP) is 1.23. The van der Waals surface area contributed by atoms with Gasteiger partial charge in [0.1, 0.15) is 0 Å². The Labute approximate surface area is 91.2 Å². The van der Waals surface area contributed by atoms with Crippen molar-refractivity contribution in [3.63, 3.8) is 0 Å². The van der Waals surface area contributed by atoms with E-state index in [1.54, 1.807) is 11.8 Å². The van der Waals surface area contributed by atoms with Gasteiger partial charge in [0, 0.05) is 19.0 Å². The third-order valence-electron chi connectivity index (χ3n) is 2.12. The molecule has 84 valence electrons. The smallest absolute Gasteiger partial charge is 0.221 e. The normalized spacial score (nSPS) is 12.9. The van der Waals surface area contributed by atoms with Crippen LogP contribution in [-0.4, -0.2) is 30.5 Å². The van der Waals surface area contributed by atoms with Crippen molar-refractivity contribution in [1.82, 2.24) is 5.32 Å². The van der Waals surface area contributed by atoms with Crippen LogP contribution in [0, 0.1) is 5.92 Å². The van der Waals surface area contributed by atoms with Gasteiger partial charge in [-0.05, 0) is 24.3 Å². The standard InChI is InChI=1S/C10H22N2OS/c1-8(2)9(11)7-10(13)12-5-4-6-14-3/h8-9H,4-7,11H2,1-3H3,(H,12,13). The van der Waals surface area contributed by atoms with Crippen molar-refractivity contribution in [2.75, 3.05) is 18.6 Å². The van der Waals surface area contributed by atoms with Gasteiger partial charge in [0.05, 0.1) is 0 Å². The molecule has 0 heterocycles. The first-order valence-corrected chi connectivity index (χ1v) is 6.48. The summed E-state index contributed by atoms with van der Waals surface area (Å²) in [6, 6.07) is -0.0180. The van der Waals surface area contributed by atoms with Crippen LogP contribution in [0.15, 0.2) is 0 Å². The second kappa shape index (κ2) is 8.12. The number of hydrogen-bond acceptors (Lipinski definition) is 3. The first kappa shape index (κ1) is 13.8. The minimum atomic E-state index is -0.0180. The zero-order chi connectivity index (χ0) is 11.0. The molecule has 1 atom stereocenters. The SMILES string of the molecule is CSCCCNC(=O)CC(N)C(C)C. The Morgan fingerprint density at radius 2 is 2.14 bits per heavy atom. The van der Waals surface area contributed by atoms with Crippen LogP contribution in [0.4, 0.5) is 0 Å². The fourth-order valence-electron chi connectivity index (χ4n) is 0.966. The van der Waals surface area contributed by atoms with Crippen molar-refractivity contribution in [2.45, 2.75) is 32.7 Å². The number of carbonyl (C=O) groups is 1. The van der Waals surface area contributed by atoms with E-state index in [-0.39, 0.29) is 11.9 Å². The molecule has 0 aromatic rings. The van der Waals surface area contributed by atoms with Crippen molar-refractivity contribution in [1.29, 1.82) is 0 Å². The molecule has 3 nitrogen and oxygen atoms in total. The van der Waals surface area contributed by atoms with E-state index in [2.05, 4.69) is 11.6 Å². The van der Waals surface area contributed by atoms with Crippen molar-refractivity contribution < 1.29 is 4.79 Å². The zero-order valence-corrected chi connectivity index (χ0v) is 10.2. The summed E-state index contributed by atoms with van der Waals surface area (Å²) in [7, 11) is 0. The molecule has 0 aliphatic heterocycles. The summed E-state index contributed by atoms with van der Waals surface area (Å²) in [5, 5.41) is 2.87. The van der Waals surface area contributed by atoms with Crippen LogP contribution in [0.5, 0.6) is 0 Å². The van der Waals surface area contributed by atoms with Gasteiger partial charge in [-0.2, -0.15) is 11.8 Å². The zero-order valence-electron chi connectivity index (χ0n) is 9.38. The average molecular weight is 218 g/mol. The molecule has 14 heavy (non-hydrogen) atoms. The van der Waals surface area contributed by atoms with Gasteiger partial charge in [-0.1, -0.05) is 13.8 Å². The molecule has 0 radical (unpaired) electrons. The summed E-state index contributed by atoms with van der Waals surface area (Å²) in [5.41, 5.74) is 5.78. The third kappa shape index (κ3) is 7.21. The molecule has 0 saturated heterocycles. The van der Waals surface area contributed by atoms with Crippen molar-refractivity contribution in [3.05, 3.63) is 0 Å². The van der Waals surface area contributed by atoms with Gasteiger partial charge in [-0.25, -0.2) is 0 Å². The molecule has 0 spiro atoms. The number of carbonyl (C=O) groups excluding carboxylic acids is 1.